The van der Waals surface area contributed by atoms with E-state index in [-0.39, 0.29) is 23.2 Å². The van der Waals surface area contributed by atoms with Gasteiger partial charge in [-0.15, -0.1) is 8.78 Å². The summed E-state index contributed by atoms with van der Waals surface area (Å²) in [5.41, 5.74) is -1.99. The van der Waals surface area contributed by atoms with Gasteiger partial charge in [-0.3, -0.25) is 4.79 Å². The van der Waals surface area contributed by atoms with Gasteiger partial charge in [-0.05, 0) is 43.2 Å². The Morgan fingerprint density at radius 2 is 1.77 bits per heavy atom. The molecule has 1 fully saturated rings. The summed E-state index contributed by atoms with van der Waals surface area (Å²) in [6.07, 6.45) is 5.12. The summed E-state index contributed by atoms with van der Waals surface area (Å²) in [6, 6.07) is 7.22. The molecule has 0 atom stereocenters. The number of rotatable bonds is 8. The largest absolute Gasteiger partial charge is 0.487 e. The third-order valence-corrected chi connectivity index (χ3v) is 5.36. The van der Waals surface area contributed by atoms with Gasteiger partial charge in [0.05, 0.1) is 25.3 Å². The van der Waals surface area contributed by atoms with Crippen LogP contribution in [0, 0.1) is 0 Å². The predicted molar refractivity (Wildman–Crippen MR) is 126 cm³/mol. The average molecular weight is 506 g/mol. The van der Waals surface area contributed by atoms with Gasteiger partial charge in [0.1, 0.15) is 11.6 Å². The highest BCUT2D eigenvalue weighted by Gasteiger charge is 2.27. The number of anilines is 2. The van der Waals surface area contributed by atoms with Crippen LogP contribution in [0.2, 0.25) is 0 Å². The minimum Gasteiger partial charge on any atom is -0.480 e. The van der Waals surface area contributed by atoms with Crippen molar-refractivity contribution >= 4 is 29.0 Å². The van der Waals surface area contributed by atoms with Gasteiger partial charge in [-0.2, -0.15) is 4.98 Å². The van der Waals surface area contributed by atoms with E-state index in [0.717, 1.165) is 25.9 Å². The number of aromatic nitrogens is 3. The van der Waals surface area contributed by atoms with Crippen LogP contribution in [0.15, 0.2) is 42.7 Å². The quantitative estimate of drug-likeness (QED) is 0.444. The minimum absolute atomic E-state index is 0.145. The van der Waals surface area contributed by atoms with Crippen molar-refractivity contribution in [3.05, 3.63) is 48.3 Å². The van der Waals surface area contributed by atoms with Crippen LogP contribution >= 0.6 is 11.6 Å². The number of carbonyl (C=O) groups is 1. The maximum absolute atomic E-state index is 13.0. The number of halogens is 3. The Morgan fingerprint density at radius 1 is 1.06 bits per heavy atom. The first-order valence-electron chi connectivity index (χ1n) is 10.6. The van der Waals surface area contributed by atoms with Crippen LogP contribution in [0.3, 0.4) is 0 Å². The molecule has 3 aromatic rings. The maximum atomic E-state index is 13.0. The van der Waals surface area contributed by atoms with E-state index in [0.29, 0.717) is 22.6 Å². The number of benzene rings is 1. The molecule has 2 aromatic heterocycles. The Bertz CT molecular complexity index is 1200. The van der Waals surface area contributed by atoms with E-state index >= 15 is 0 Å². The van der Waals surface area contributed by atoms with Crippen molar-refractivity contribution < 1.29 is 27.8 Å². The maximum Gasteiger partial charge on any atom is 0.487 e. The summed E-state index contributed by atoms with van der Waals surface area (Å²) >= 11 is 4.77. The molecule has 0 unspecified atom stereocenters. The molecular formula is C23H22ClF2N5O4. The minimum atomic E-state index is -3.82. The van der Waals surface area contributed by atoms with Gasteiger partial charge in [0.15, 0.2) is 0 Å². The molecule has 0 spiro atoms. The number of alkyl halides is 3. The first-order valence-corrected chi connectivity index (χ1v) is 11.0. The Balaban J connectivity index is 1.64. The summed E-state index contributed by atoms with van der Waals surface area (Å²) < 4.78 is 40.4. The molecule has 0 radical (unpaired) electrons. The van der Waals surface area contributed by atoms with Gasteiger partial charge < -0.3 is 24.4 Å². The van der Waals surface area contributed by atoms with E-state index in [2.05, 4.69) is 29.9 Å². The Hall–Kier alpha value is -3.73. The van der Waals surface area contributed by atoms with Crippen molar-refractivity contribution in [1.29, 1.82) is 0 Å². The molecule has 12 heteroatoms. The van der Waals surface area contributed by atoms with Gasteiger partial charge in [-0.1, -0.05) is 0 Å². The highest BCUT2D eigenvalue weighted by atomic mass is 35.5. The number of pyridine rings is 1. The van der Waals surface area contributed by atoms with Crippen LogP contribution in [-0.4, -0.2) is 53.7 Å². The molecule has 1 amide bonds. The molecule has 184 valence electrons. The van der Waals surface area contributed by atoms with Gasteiger partial charge in [0.25, 0.3) is 5.91 Å². The number of amides is 1. The number of nitrogens with one attached hydrogen (secondary N) is 1. The van der Waals surface area contributed by atoms with Crippen LogP contribution in [0.1, 0.15) is 23.2 Å². The normalized spacial score (nSPS) is 13.5. The van der Waals surface area contributed by atoms with Crippen molar-refractivity contribution in [1.82, 2.24) is 15.0 Å². The van der Waals surface area contributed by atoms with Crippen LogP contribution in [0.25, 0.3) is 11.1 Å². The van der Waals surface area contributed by atoms with Gasteiger partial charge in [0, 0.05) is 48.3 Å². The van der Waals surface area contributed by atoms with Crippen LogP contribution in [-0.2, 0) is 0 Å². The van der Waals surface area contributed by atoms with Crippen molar-refractivity contribution in [3.8, 4) is 28.8 Å². The number of ether oxygens (including phenoxy) is 3. The molecule has 1 saturated heterocycles. The lowest BCUT2D eigenvalue weighted by atomic mass is 10.1. The van der Waals surface area contributed by atoms with Crippen molar-refractivity contribution in [2.75, 3.05) is 37.5 Å². The molecular weight excluding hydrogens is 484 g/mol. The zero-order valence-corrected chi connectivity index (χ0v) is 19.7. The van der Waals surface area contributed by atoms with E-state index in [1.165, 1.54) is 44.7 Å². The third kappa shape index (κ3) is 5.86. The fraction of sp³-hybridized carbons (Fsp3) is 0.304. The molecule has 35 heavy (non-hydrogen) atoms. The van der Waals surface area contributed by atoms with Gasteiger partial charge >= 0.3 is 11.6 Å². The van der Waals surface area contributed by atoms with E-state index in [4.69, 9.17) is 21.1 Å². The first kappa shape index (κ1) is 24.4. The Labute approximate surface area is 205 Å². The molecule has 1 N–H and O–H groups in total. The van der Waals surface area contributed by atoms with E-state index in [1.54, 1.807) is 12.3 Å². The lowest BCUT2D eigenvalue weighted by Gasteiger charge is -2.21. The van der Waals surface area contributed by atoms with Gasteiger partial charge in [-0.25, -0.2) is 9.97 Å². The van der Waals surface area contributed by atoms with Crippen molar-refractivity contribution in [2.45, 2.75) is 18.4 Å². The summed E-state index contributed by atoms with van der Waals surface area (Å²) in [6.45, 7) is 1.67. The Morgan fingerprint density at radius 3 is 2.40 bits per heavy atom. The molecule has 3 heterocycles. The highest BCUT2D eigenvalue weighted by molar-refractivity contribution is 6.20. The monoisotopic (exact) mass is 505 g/mol. The molecule has 1 aromatic carbocycles. The molecule has 0 saturated carbocycles. The second-order valence-electron chi connectivity index (χ2n) is 7.60. The number of methoxy groups -OCH3 is 2. The van der Waals surface area contributed by atoms with E-state index in [1.807, 2.05) is 0 Å². The summed E-state index contributed by atoms with van der Waals surface area (Å²) in [5, 5.41) is 2.71. The zero-order chi connectivity index (χ0) is 25.0. The smallest absolute Gasteiger partial charge is 0.480 e. The number of hydrogen-bond donors (Lipinski definition) is 1. The molecule has 1 aliphatic heterocycles. The lowest BCUT2D eigenvalue weighted by molar-refractivity contribution is -0.0964. The lowest BCUT2D eigenvalue weighted by Crippen LogP contribution is -2.21. The summed E-state index contributed by atoms with van der Waals surface area (Å²) in [7, 11) is 2.94. The number of nitrogens with zero attached hydrogens (tertiary/aromatic N) is 4. The van der Waals surface area contributed by atoms with Crippen LogP contribution in [0.4, 0.5) is 20.3 Å². The van der Waals surface area contributed by atoms with E-state index < -0.39 is 11.5 Å². The Kier molecular flexibility index (Phi) is 7.15. The van der Waals surface area contributed by atoms with Crippen molar-refractivity contribution in [2.24, 2.45) is 0 Å². The standard InChI is InChI=1S/C23H22ClF2N5O4/c1-33-21-18(13-28-22(30-21)34-2)17-11-14(12-27-19(17)31-9-3-4-10-31)20(32)29-15-5-7-16(8-6-15)35-23(24,25)26/h5-8,11-13H,3-4,9-10H2,1-2H3,(H,29,32). The molecule has 1 aliphatic rings. The number of carbonyl (C=O) groups excluding carboxylic acids is 1. The fourth-order valence-electron chi connectivity index (χ4n) is 3.69. The highest BCUT2D eigenvalue weighted by Crippen LogP contribution is 2.37. The zero-order valence-electron chi connectivity index (χ0n) is 18.9. The SMILES string of the molecule is COc1ncc(-c2cc(C(=O)Nc3ccc(OC(F)(F)Cl)cc3)cnc2N2CCCC2)c(OC)n1. The van der Waals surface area contributed by atoms with Crippen molar-refractivity contribution in [3.63, 3.8) is 0 Å². The third-order valence-electron chi connectivity index (χ3n) is 5.28. The number of hydrogen-bond acceptors (Lipinski definition) is 8. The molecule has 9 nitrogen and oxygen atoms in total. The van der Waals surface area contributed by atoms with Crippen LogP contribution < -0.4 is 24.4 Å². The van der Waals surface area contributed by atoms with Gasteiger partial charge in [0.2, 0.25) is 5.88 Å². The summed E-state index contributed by atoms with van der Waals surface area (Å²) in [4.78, 5) is 28.1. The fourth-order valence-corrected chi connectivity index (χ4v) is 3.78. The second kappa shape index (κ2) is 10.3. The molecule has 4 rings (SSSR count). The average Bonchev–Trinajstić information content (AvgIpc) is 3.38. The molecule has 0 bridgehead atoms. The molecule has 0 aliphatic carbocycles. The first-order chi connectivity index (χ1) is 16.8. The second-order valence-corrected chi connectivity index (χ2v) is 8.04. The topological polar surface area (TPSA) is 98.7 Å². The summed E-state index contributed by atoms with van der Waals surface area (Å²) in [5.74, 6) is 0.378. The van der Waals surface area contributed by atoms with Crippen LogP contribution in [0.5, 0.6) is 17.6 Å². The predicted octanol–water partition coefficient (Wildman–Crippen LogP) is 4.58. The van der Waals surface area contributed by atoms with E-state index in [9.17, 15) is 13.6 Å².